The van der Waals surface area contributed by atoms with Gasteiger partial charge in [0.1, 0.15) is 5.75 Å². The van der Waals surface area contributed by atoms with Crippen molar-refractivity contribution in [2.75, 3.05) is 6.61 Å². The Balaban J connectivity index is 1.96. The molecule has 1 N–H and O–H groups in total. The molecule has 2 nitrogen and oxygen atoms in total. The number of hydrogen-bond acceptors (Lipinski definition) is 2. The molecule has 0 radical (unpaired) electrons. The van der Waals surface area contributed by atoms with Gasteiger partial charge in [0.25, 0.3) is 0 Å². The van der Waals surface area contributed by atoms with Crippen LogP contribution in [0, 0.1) is 0 Å². The fourth-order valence-electron chi connectivity index (χ4n) is 2.07. The van der Waals surface area contributed by atoms with Crippen molar-refractivity contribution < 1.29 is 4.74 Å². The first-order valence-electron chi connectivity index (χ1n) is 7.00. The molecule has 0 aromatic heterocycles. The lowest BCUT2D eigenvalue weighted by molar-refractivity contribution is 0.340. The third-order valence-corrected chi connectivity index (χ3v) is 4.15. The monoisotopic (exact) mass is 367 g/mol. The van der Waals surface area contributed by atoms with Crippen LogP contribution in [0.4, 0.5) is 0 Å². The molecule has 112 valence electrons. The third-order valence-electron chi connectivity index (χ3n) is 3.30. The summed E-state index contributed by atoms with van der Waals surface area (Å²) in [7, 11) is 0. The van der Waals surface area contributed by atoms with Crippen LogP contribution in [0.15, 0.2) is 46.9 Å². The zero-order chi connectivity index (χ0) is 15.2. The highest BCUT2D eigenvalue weighted by atomic mass is 79.9. The molecule has 21 heavy (non-hydrogen) atoms. The van der Waals surface area contributed by atoms with Gasteiger partial charge in [0.15, 0.2) is 0 Å². The molecule has 2 rings (SSSR count). The number of nitrogens with one attached hydrogen (secondary N) is 1. The third kappa shape index (κ3) is 4.73. The Morgan fingerprint density at radius 2 is 1.90 bits per heavy atom. The van der Waals surface area contributed by atoms with Crippen LogP contribution in [0.3, 0.4) is 0 Å². The molecule has 1 atom stereocenters. The first-order chi connectivity index (χ1) is 10.1. The normalized spacial score (nSPS) is 12.2. The molecule has 0 heterocycles. The van der Waals surface area contributed by atoms with E-state index in [1.165, 1.54) is 5.56 Å². The van der Waals surface area contributed by atoms with Crippen LogP contribution in [0.2, 0.25) is 5.02 Å². The summed E-state index contributed by atoms with van der Waals surface area (Å²) in [6, 6.07) is 14.4. The van der Waals surface area contributed by atoms with E-state index in [-0.39, 0.29) is 6.04 Å². The zero-order valence-electron chi connectivity index (χ0n) is 12.2. The second-order valence-corrected chi connectivity index (χ2v) is 6.16. The van der Waals surface area contributed by atoms with E-state index in [0.29, 0.717) is 6.61 Å². The van der Waals surface area contributed by atoms with Crippen LogP contribution in [-0.2, 0) is 6.54 Å². The Morgan fingerprint density at radius 3 is 2.52 bits per heavy atom. The number of halogens is 2. The number of hydrogen-bond donors (Lipinski definition) is 1. The smallest absolute Gasteiger partial charge is 0.119 e. The van der Waals surface area contributed by atoms with E-state index in [2.05, 4.69) is 40.3 Å². The summed E-state index contributed by atoms with van der Waals surface area (Å²) in [4.78, 5) is 0. The molecule has 0 bridgehead atoms. The van der Waals surface area contributed by atoms with Crippen molar-refractivity contribution >= 4 is 27.5 Å². The van der Waals surface area contributed by atoms with Crippen molar-refractivity contribution in [1.82, 2.24) is 5.32 Å². The van der Waals surface area contributed by atoms with Gasteiger partial charge >= 0.3 is 0 Å². The van der Waals surface area contributed by atoms with Crippen molar-refractivity contribution in [2.45, 2.75) is 26.4 Å². The molecule has 2 aromatic rings. The highest BCUT2D eigenvalue weighted by molar-refractivity contribution is 9.10. The van der Waals surface area contributed by atoms with Crippen LogP contribution < -0.4 is 10.1 Å². The molecule has 0 saturated carbocycles. The summed E-state index contributed by atoms with van der Waals surface area (Å²) in [5.74, 6) is 0.907. The molecule has 0 amide bonds. The van der Waals surface area contributed by atoms with Gasteiger partial charge < -0.3 is 10.1 Å². The maximum absolute atomic E-state index is 6.23. The van der Waals surface area contributed by atoms with Gasteiger partial charge in [-0.25, -0.2) is 0 Å². The van der Waals surface area contributed by atoms with Gasteiger partial charge in [-0.2, -0.15) is 0 Å². The maximum atomic E-state index is 6.23. The summed E-state index contributed by atoms with van der Waals surface area (Å²) in [6.45, 7) is 5.55. The van der Waals surface area contributed by atoms with Crippen LogP contribution in [-0.4, -0.2) is 6.61 Å². The summed E-state index contributed by atoms with van der Waals surface area (Å²) < 4.78 is 6.45. The van der Waals surface area contributed by atoms with E-state index in [4.69, 9.17) is 16.3 Å². The molecule has 2 aromatic carbocycles. The fourth-order valence-corrected chi connectivity index (χ4v) is 2.81. The van der Waals surface area contributed by atoms with Crippen molar-refractivity contribution in [3.8, 4) is 5.75 Å². The Bertz CT molecular complexity index is 586. The predicted octanol–water partition coefficient (Wildman–Crippen LogP) is 5.35. The van der Waals surface area contributed by atoms with Gasteiger partial charge in [-0.15, -0.1) is 0 Å². The lowest BCUT2D eigenvalue weighted by Crippen LogP contribution is -2.18. The predicted molar refractivity (Wildman–Crippen MR) is 92.0 cm³/mol. The van der Waals surface area contributed by atoms with Crippen LogP contribution >= 0.6 is 27.5 Å². The van der Waals surface area contributed by atoms with E-state index < -0.39 is 0 Å². The molecule has 0 aliphatic rings. The summed E-state index contributed by atoms with van der Waals surface area (Å²) in [5, 5.41) is 4.26. The molecule has 0 saturated heterocycles. The summed E-state index contributed by atoms with van der Waals surface area (Å²) in [6.07, 6.45) is 0. The average Bonchev–Trinajstić information content (AvgIpc) is 2.47. The SMILES string of the molecule is CCOc1ccc(C(C)NCc2ccc(Br)cc2Cl)cc1. The lowest BCUT2D eigenvalue weighted by Gasteiger charge is -2.15. The number of benzene rings is 2. The van der Waals surface area contributed by atoms with Crippen molar-refractivity contribution in [2.24, 2.45) is 0 Å². The first kappa shape index (κ1) is 16.3. The highest BCUT2D eigenvalue weighted by Crippen LogP contribution is 2.23. The number of ether oxygens (including phenoxy) is 1. The van der Waals surface area contributed by atoms with Crippen molar-refractivity contribution in [3.05, 3.63) is 63.1 Å². The first-order valence-corrected chi connectivity index (χ1v) is 8.17. The molecule has 0 spiro atoms. The van der Waals surface area contributed by atoms with Gasteiger partial charge in [-0.1, -0.05) is 45.7 Å². The van der Waals surface area contributed by atoms with Gasteiger partial charge in [0.05, 0.1) is 6.61 Å². The Morgan fingerprint density at radius 1 is 1.19 bits per heavy atom. The Hall–Kier alpha value is -1.03. The van der Waals surface area contributed by atoms with E-state index in [1.807, 2.05) is 37.3 Å². The minimum absolute atomic E-state index is 0.250. The molecule has 1 unspecified atom stereocenters. The minimum Gasteiger partial charge on any atom is -0.494 e. The van der Waals surface area contributed by atoms with Gasteiger partial charge in [-0.3, -0.25) is 0 Å². The molecule has 0 aliphatic heterocycles. The molecule has 0 fully saturated rings. The number of rotatable bonds is 6. The topological polar surface area (TPSA) is 21.3 Å². The summed E-state index contributed by atoms with van der Waals surface area (Å²) in [5.41, 5.74) is 2.32. The largest absolute Gasteiger partial charge is 0.494 e. The molecular weight excluding hydrogens is 350 g/mol. The standard InChI is InChI=1S/C17H19BrClNO/c1-3-21-16-8-5-13(6-9-16)12(2)20-11-14-4-7-15(18)10-17(14)19/h4-10,12,20H,3,11H2,1-2H3. The molecule has 4 heteroatoms. The molecule has 0 aliphatic carbocycles. The fraction of sp³-hybridized carbons (Fsp3) is 0.294. The van der Waals surface area contributed by atoms with Crippen molar-refractivity contribution in [3.63, 3.8) is 0 Å². The van der Waals surface area contributed by atoms with Crippen LogP contribution in [0.5, 0.6) is 5.75 Å². The van der Waals surface area contributed by atoms with E-state index in [9.17, 15) is 0 Å². The quantitative estimate of drug-likeness (QED) is 0.742. The van der Waals surface area contributed by atoms with E-state index >= 15 is 0 Å². The maximum Gasteiger partial charge on any atom is 0.119 e. The molecular formula is C17H19BrClNO. The second kappa shape index (κ2) is 7.83. The van der Waals surface area contributed by atoms with Crippen molar-refractivity contribution in [1.29, 1.82) is 0 Å². The minimum atomic E-state index is 0.250. The second-order valence-electron chi connectivity index (χ2n) is 4.84. The average molecular weight is 369 g/mol. The van der Waals surface area contributed by atoms with Gasteiger partial charge in [-0.05, 0) is 49.2 Å². The van der Waals surface area contributed by atoms with Gasteiger partial charge in [0.2, 0.25) is 0 Å². The van der Waals surface area contributed by atoms with E-state index in [1.54, 1.807) is 0 Å². The Labute approximate surface area is 139 Å². The zero-order valence-corrected chi connectivity index (χ0v) is 14.5. The van der Waals surface area contributed by atoms with Crippen LogP contribution in [0.25, 0.3) is 0 Å². The Kier molecular flexibility index (Phi) is 6.09. The van der Waals surface area contributed by atoms with E-state index in [0.717, 1.165) is 27.4 Å². The van der Waals surface area contributed by atoms with Crippen LogP contribution in [0.1, 0.15) is 31.0 Å². The highest BCUT2D eigenvalue weighted by Gasteiger charge is 2.07. The summed E-state index contributed by atoms with van der Waals surface area (Å²) >= 11 is 9.64. The lowest BCUT2D eigenvalue weighted by atomic mass is 10.1. The van der Waals surface area contributed by atoms with Gasteiger partial charge in [0, 0.05) is 22.1 Å².